The predicted molar refractivity (Wildman–Crippen MR) is 130 cm³/mol. The van der Waals surface area contributed by atoms with Crippen LogP contribution in [-0.4, -0.2) is 59.9 Å². The minimum absolute atomic E-state index is 0.0826. The molecule has 174 valence electrons. The van der Waals surface area contributed by atoms with Gasteiger partial charge in [0.05, 0.1) is 30.7 Å². The lowest BCUT2D eigenvalue weighted by atomic mass is 10.1. The van der Waals surface area contributed by atoms with Gasteiger partial charge in [-0.25, -0.2) is 4.98 Å². The molecule has 7 nitrogen and oxygen atoms in total. The van der Waals surface area contributed by atoms with Crippen LogP contribution in [0.5, 0.6) is 0 Å². The van der Waals surface area contributed by atoms with Crippen LogP contribution in [0.1, 0.15) is 24.2 Å². The monoisotopic (exact) mass is 467 g/mol. The van der Waals surface area contributed by atoms with Crippen LogP contribution >= 0.6 is 11.8 Å². The Hall–Kier alpha value is -2.68. The molecular formula is C25H29N3O4S. The van der Waals surface area contributed by atoms with E-state index in [9.17, 15) is 9.59 Å². The number of hydrogen-bond acceptors (Lipinski definition) is 7. The van der Waals surface area contributed by atoms with E-state index in [0.29, 0.717) is 29.2 Å². The van der Waals surface area contributed by atoms with Crippen molar-refractivity contribution in [1.82, 2.24) is 14.5 Å². The van der Waals surface area contributed by atoms with E-state index in [1.807, 2.05) is 48.5 Å². The molecule has 1 atom stereocenters. The highest BCUT2D eigenvalue weighted by Crippen LogP contribution is 2.35. The summed E-state index contributed by atoms with van der Waals surface area (Å²) in [5, 5.41) is 0.507. The van der Waals surface area contributed by atoms with Crippen molar-refractivity contribution in [3.8, 4) is 0 Å². The molecule has 8 heteroatoms. The van der Waals surface area contributed by atoms with E-state index < -0.39 is 5.25 Å². The molecule has 0 spiro atoms. The van der Waals surface area contributed by atoms with Crippen LogP contribution in [0.2, 0.25) is 0 Å². The van der Waals surface area contributed by atoms with Crippen LogP contribution in [0.25, 0.3) is 10.9 Å². The molecule has 2 aromatic carbocycles. The fourth-order valence-electron chi connectivity index (χ4n) is 3.92. The quantitative estimate of drug-likeness (QED) is 0.271. The molecule has 0 unspecified atom stereocenters. The van der Waals surface area contributed by atoms with Crippen molar-refractivity contribution in [3.05, 3.63) is 70.5 Å². The first-order valence-corrected chi connectivity index (χ1v) is 12.2. The van der Waals surface area contributed by atoms with Crippen molar-refractivity contribution in [2.45, 2.75) is 30.3 Å². The smallest absolute Gasteiger partial charge is 0.324 e. The van der Waals surface area contributed by atoms with Crippen molar-refractivity contribution in [1.29, 1.82) is 0 Å². The van der Waals surface area contributed by atoms with Crippen LogP contribution in [0.15, 0.2) is 64.5 Å². The van der Waals surface area contributed by atoms with E-state index in [2.05, 4.69) is 4.90 Å². The molecule has 3 aromatic rings. The van der Waals surface area contributed by atoms with Gasteiger partial charge < -0.3 is 9.47 Å². The molecule has 0 bridgehead atoms. The number of rotatable bonds is 9. The van der Waals surface area contributed by atoms with E-state index in [-0.39, 0.29) is 11.5 Å². The second-order valence-corrected chi connectivity index (χ2v) is 8.91. The highest BCUT2D eigenvalue weighted by Gasteiger charge is 2.26. The van der Waals surface area contributed by atoms with Crippen LogP contribution in [0.4, 0.5) is 0 Å². The Kier molecular flexibility index (Phi) is 8.15. The summed E-state index contributed by atoms with van der Waals surface area (Å²) < 4.78 is 12.5. The molecule has 1 saturated heterocycles. The molecule has 0 N–H and O–H groups in total. The lowest BCUT2D eigenvalue weighted by Crippen LogP contribution is -2.37. The zero-order valence-electron chi connectivity index (χ0n) is 18.8. The summed E-state index contributed by atoms with van der Waals surface area (Å²) in [7, 11) is 0. The maximum Gasteiger partial charge on any atom is 0.324 e. The number of thioether (sulfide) groups is 1. The summed E-state index contributed by atoms with van der Waals surface area (Å²) in [6.07, 6.45) is 0.808. The summed E-state index contributed by atoms with van der Waals surface area (Å²) in [5.41, 5.74) is 1.37. The number of carbonyl (C=O) groups is 1. The number of morpholine rings is 1. The highest BCUT2D eigenvalue weighted by atomic mass is 32.2. The molecule has 4 rings (SSSR count). The first kappa shape index (κ1) is 23.5. The maximum atomic E-state index is 13.4. The van der Waals surface area contributed by atoms with Gasteiger partial charge in [0.1, 0.15) is 5.25 Å². The van der Waals surface area contributed by atoms with Gasteiger partial charge in [-0.15, -0.1) is 0 Å². The number of fused-ring (bicyclic) bond motifs is 1. The number of para-hydroxylation sites is 1. The number of aromatic nitrogens is 2. The van der Waals surface area contributed by atoms with Crippen LogP contribution in [0.3, 0.4) is 0 Å². The summed E-state index contributed by atoms with van der Waals surface area (Å²) in [4.78, 5) is 33.4. The zero-order valence-corrected chi connectivity index (χ0v) is 19.6. The van der Waals surface area contributed by atoms with Gasteiger partial charge in [0.2, 0.25) is 0 Å². The van der Waals surface area contributed by atoms with Gasteiger partial charge in [-0.05, 0) is 31.0 Å². The standard InChI is InChI=1S/C25H29N3O4S/c1-2-32-24(30)22(19-9-4-3-5-10-19)33-25-26-21-12-7-6-11-20(21)23(29)28(25)14-8-13-27-15-17-31-18-16-27/h3-7,9-12,22H,2,8,13-18H2,1H3/t22-/m1/s1. The first-order valence-electron chi connectivity index (χ1n) is 11.4. The Morgan fingerprint density at radius 1 is 1.09 bits per heavy atom. The predicted octanol–water partition coefficient (Wildman–Crippen LogP) is 3.52. The Labute approximate surface area is 197 Å². The Morgan fingerprint density at radius 2 is 1.82 bits per heavy atom. The molecule has 0 aliphatic carbocycles. The van der Waals surface area contributed by atoms with Crippen molar-refractivity contribution in [3.63, 3.8) is 0 Å². The van der Waals surface area contributed by atoms with E-state index in [1.165, 1.54) is 11.8 Å². The zero-order chi connectivity index (χ0) is 23.0. The number of esters is 1. The summed E-state index contributed by atoms with van der Waals surface area (Å²) in [5.74, 6) is -0.337. The summed E-state index contributed by atoms with van der Waals surface area (Å²) in [6, 6.07) is 16.8. The average molecular weight is 468 g/mol. The van der Waals surface area contributed by atoms with Gasteiger partial charge in [0.25, 0.3) is 5.56 Å². The van der Waals surface area contributed by atoms with Gasteiger partial charge in [-0.2, -0.15) is 0 Å². The average Bonchev–Trinajstić information content (AvgIpc) is 2.85. The number of hydrogen-bond donors (Lipinski definition) is 0. The first-order chi connectivity index (χ1) is 16.2. The highest BCUT2D eigenvalue weighted by molar-refractivity contribution is 8.00. The molecule has 0 radical (unpaired) electrons. The van der Waals surface area contributed by atoms with Crippen molar-refractivity contribution in [2.24, 2.45) is 0 Å². The SMILES string of the molecule is CCOC(=O)[C@H](Sc1nc2ccccc2c(=O)n1CCCN1CCOCC1)c1ccccc1. The number of benzene rings is 2. The third kappa shape index (κ3) is 5.82. The fourth-order valence-corrected chi connectivity index (χ4v) is 5.04. The number of ether oxygens (including phenoxy) is 2. The summed E-state index contributed by atoms with van der Waals surface area (Å²) >= 11 is 1.28. The number of carbonyl (C=O) groups excluding carboxylic acids is 1. The van der Waals surface area contributed by atoms with Crippen molar-refractivity contribution in [2.75, 3.05) is 39.5 Å². The molecule has 2 heterocycles. The maximum absolute atomic E-state index is 13.4. The fraction of sp³-hybridized carbons (Fsp3) is 0.400. The molecule has 1 aromatic heterocycles. The normalized spacial score (nSPS) is 15.4. The topological polar surface area (TPSA) is 73.7 Å². The Bertz CT molecular complexity index is 1130. The van der Waals surface area contributed by atoms with Gasteiger partial charge in [0, 0.05) is 26.2 Å². The lowest BCUT2D eigenvalue weighted by Gasteiger charge is -2.26. The van der Waals surface area contributed by atoms with E-state index in [1.54, 1.807) is 17.6 Å². The lowest BCUT2D eigenvalue weighted by molar-refractivity contribution is -0.142. The second-order valence-electron chi connectivity index (χ2n) is 7.84. The second kappa shape index (κ2) is 11.4. The van der Waals surface area contributed by atoms with Crippen LogP contribution in [-0.2, 0) is 20.8 Å². The third-order valence-corrected chi connectivity index (χ3v) is 6.84. The molecule has 0 amide bonds. The van der Waals surface area contributed by atoms with Crippen molar-refractivity contribution < 1.29 is 14.3 Å². The number of nitrogens with zero attached hydrogens (tertiary/aromatic N) is 3. The Morgan fingerprint density at radius 3 is 2.58 bits per heavy atom. The molecule has 0 saturated carbocycles. The molecular weight excluding hydrogens is 438 g/mol. The van der Waals surface area contributed by atoms with Gasteiger partial charge >= 0.3 is 5.97 Å². The summed E-state index contributed by atoms with van der Waals surface area (Å²) in [6.45, 7) is 6.80. The molecule has 1 aliphatic rings. The molecule has 1 fully saturated rings. The van der Waals surface area contributed by atoms with Crippen molar-refractivity contribution >= 4 is 28.6 Å². The van der Waals surface area contributed by atoms with Gasteiger partial charge in [0.15, 0.2) is 5.16 Å². The van der Waals surface area contributed by atoms with Crippen LogP contribution in [0, 0.1) is 0 Å². The Balaban J connectivity index is 1.65. The minimum Gasteiger partial charge on any atom is -0.465 e. The van der Waals surface area contributed by atoms with E-state index in [0.717, 1.165) is 44.8 Å². The molecule has 1 aliphatic heterocycles. The van der Waals surface area contributed by atoms with E-state index >= 15 is 0 Å². The van der Waals surface area contributed by atoms with E-state index in [4.69, 9.17) is 14.5 Å². The third-order valence-electron chi connectivity index (χ3n) is 5.61. The molecule has 33 heavy (non-hydrogen) atoms. The largest absolute Gasteiger partial charge is 0.465 e. The van der Waals surface area contributed by atoms with Crippen LogP contribution < -0.4 is 5.56 Å². The minimum atomic E-state index is -0.607. The van der Waals surface area contributed by atoms with Gasteiger partial charge in [-0.3, -0.25) is 19.1 Å². The van der Waals surface area contributed by atoms with Gasteiger partial charge in [-0.1, -0.05) is 54.2 Å².